The van der Waals surface area contributed by atoms with E-state index in [0.29, 0.717) is 6.61 Å². The lowest BCUT2D eigenvalue weighted by molar-refractivity contribution is -0.140. The van der Waals surface area contributed by atoms with E-state index in [9.17, 15) is 9.59 Å². The molecular formula is C14H21O3P. The summed E-state index contributed by atoms with van der Waals surface area (Å²) in [5, 5.41) is 0. The Morgan fingerprint density at radius 2 is 1.61 bits per heavy atom. The second-order valence-corrected chi connectivity index (χ2v) is 4.59. The van der Waals surface area contributed by atoms with Crippen LogP contribution in [-0.2, 0) is 9.53 Å². The van der Waals surface area contributed by atoms with Crippen LogP contribution in [0, 0.1) is 20.8 Å². The smallest absolute Gasteiger partial charge is 0.302 e. The lowest BCUT2D eigenvalue weighted by atomic mass is 10.0. The van der Waals surface area contributed by atoms with Crippen LogP contribution < -0.4 is 0 Å². The molecule has 1 aromatic rings. The monoisotopic (exact) mass is 268 g/mol. The van der Waals surface area contributed by atoms with E-state index < -0.39 is 0 Å². The second kappa shape index (κ2) is 7.99. The largest absolute Gasteiger partial charge is 0.466 e. The van der Waals surface area contributed by atoms with Gasteiger partial charge in [-0.05, 0) is 38.8 Å². The molecule has 0 bridgehead atoms. The Labute approximate surface area is 111 Å². The number of hydrogen-bond donors (Lipinski definition) is 0. The van der Waals surface area contributed by atoms with Crippen LogP contribution in [-0.4, -0.2) is 18.1 Å². The first-order valence-electron chi connectivity index (χ1n) is 5.80. The highest BCUT2D eigenvalue weighted by atomic mass is 31.0. The topological polar surface area (TPSA) is 43.4 Å². The molecular weight excluding hydrogens is 247 g/mol. The molecule has 0 saturated heterocycles. The highest BCUT2D eigenvalue weighted by Gasteiger charge is 2.07. The molecule has 0 fully saturated rings. The molecule has 0 aromatic heterocycles. The molecule has 0 aliphatic carbocycles. The molecule has 18 heavy (non-hydrogen) atoms. The molecule has 4 heteroatoms. The Hall–Kier alpha value is -1.21. The van der Waals surface area contributed by atoms with Crippen LogP contribution in [0.4, 0.5) is 0 Å². The van der Waals surface area contributed by atoms with Gasteiger partial charge >= 0.3 is 5.97 Å². The summed E-state index contributed by atoms with van der Waals surface area (Å²) in [5.41, 5.74) is 4.25. The molecule has 0 saturated carbocycles. The molecule has 1 atom stereocenters. The maximum Gasteiger partial charge on any atom is 0.302 e. The van der Waals surface area contributed by atoms with Crippen molar-refractivity contribution in [1.29, 1.82) is 0 Å². The summed E-state index contributed by atoms with van der Waals surface area (Å²) in [6.07, 6.45) is 0. The molecule has 1 aromatic carbocycles. The minimum Gasteiger partial charge on any atom is -0.466 e. The summed E-state index contributed by atoms with van der Waals surface area (Å²) in [7, 11) is 2.22. The van der Waals surface area contributed by atoms with Gasteiger partial charge in [0.1, 0.15) is 0 Å². The number of esters is 1. The maximum atomic E-state index is 11.2. The van der Waals surface area contributed by atoms with Gasteiger partial charge in [0.25, 0.3) is 0 Å². The molecule has 3 nitrogen and oxygen atoms in total. The van der Waals surface area contributed by atoms with Crippen molar-refractivity contribution in [2.45, 2.75) is 34.6 Å². The van der Waals surface area contributed by atoms with Crippen LogP contribution in [0.3, 0.4) is 0 Å². The summed E-state index contributed by atoms with van der Waals surface area (Å²) in [4.78, 5) is 21.0. The SMILES string of the molecule is CCOC(C)=O.Cc1cc(C)c(C(=O)P)c(C)c1. The molecule has 0 heterocycles. The standard InChI is InChI=1S/C10H13OP.C4H8O2/c1-6-4-7(2)9(10(11)12)8(3)5-6;1-3-6-4(2)5/h4-5H,12H2,1-3H3;3H2,1-2H3. The highest BCUT2D eigenvalue weighted by Crippen LogP contribution is 2.18. The van der Waals surface area contributed by atoms with Crippen molar-refractivity contribution in [3.8, 4) is 0 Å². The van der Waals surface area contributed by atoms with Crippen LogP contribution in [0.1, 0.15) is 40.9 Å². The van der Waals surface area contributed by atoms with Gasteiger partial charge in [-0.25, -0.2) is 0 Å². The van der Waals surface area contributed by atoms with Crippen molar-refractivity contribution in [2.75, 3.05) is 6.61 Å². The van der Waals surface area contributed by atoms with Gasteiger partial charge in [-0.2, -0.15) is 0 Å². The van der Waals surface area contributed by atoms with Crippen LogP contribution in [0.25, 0.3) is 0 Å². The summed E-state index contributed by atoms with van der Waals surface area (Å²) in [5.74, 6) is -0.211. The number of rotatable bonds is 2. The number of benzene rings is 1. The Morgan fingerprint density at radius 1 is 1.17 bits per heavy atom. The molecule has 0 aliphatic heterocycles. The predicted octanol–water partition coefficient (Wildman–Crippen LogP) is 3.20. The second-order valence-electron chi connectivity index (χ2n) is 4.06. The zero-order chi connectivity index (χ0) is 14.3. The molecule has 0 spiro atoms. The van der Waals surface area contributed by atoms with Gasteiger partial charge in [-0.3, -0.25) is 9.59 Å². The lowest BCUT2D eigenvalue weighted by Crippen LogP contribution is -1.97. The van der Waals surface area contributed by atoms with Crippen LogP contribution in [0.15, 0.2) is 12.1 Å². The third-order valence-electron chi connectivity index (χ3n) is 2.27. The molecule has 0 N–H and O–H groups in total. The zero-order valence-corrected chi connectivity index (χ0v) is 12.8. The van der Waals surface area contributed by atoms with Crippen molar-refractivity contribution >= 4 is 20.7 Å². The summed E-state index contributed by atoms with van der Waals surface area (Å²) in [6.45, 7) is 9.63. The highest BCUT2D eigenvalue weighted by molar-refractivity contribution is 7.41. The number of carbonyl (C=O) groups excluding carboxylic acids is 2. The van der Waals surface area contributed by atoms with E-state index in [1.54, 1.807) is 6.92 Å². The van der Waals surface area contributed by atoms with Gasteiger partial charge in [-0.15, -0.1) is 0 Å². The van der Waals surface area contributed by atoms with Crippen LogP contribution >= 0.6 is 9.24 Å². The van der Waals surface area contributed by atoms with E-state index in [2.05, 4.69) is 14.0 Å². The summed E-state index contributed by atoms with van der Waals surface area (Å²) >= 11 is 0. The van der Waals surface area contributed by atoms with E-state index in [0.717, 1.165) is 16.7 Å². The fourth-order valence-electron chi connectivity index (χ4n) is 1.77. The van der Waals surface area contributed by atoms with Crippen LogP contribution in [0.2, 0.25) is 0 Å². The number of hydrogen-bond acceptors (Lipinski definition) is 3. The van der Waals surface area contributed by atoms with Crippen molar-refractivity contribution in [2.24, 2.45) is 0 Å². The first kappa shape index (κ1) is 16.8. The van der Waals surface area contributed by atoms with Crippen LogP contribution in [0.5, 0.6) is 0 Å². The molecule has 1 unspecified atom stereocenters. The van der Waals surface area contributed by atoms with E-state index in [1.807, 2.05) is 32.9 Å². The predicted molar refractivity (Wildman–Crippen MR) is 77.0 cm³/mol. The molecule has 0 amide bonds. The zero-order valence-electron chi connectivity index (χ0n) is 11.7. The quantitative estimate of drug-likeness (QED) is 0.611. The Balaban J connectivity index is 0.000000411. The van der Waals surface area contributed by atoms with E-state index >= 15 is 0 Å². The summed E-state index contributed by atoms with van der Waals surface area (Å²) in [6, 6.07) is 4.06. The number of ether oxygens (including phenoxy) is 1. The molecule has 1 rings (SSSR count). The van der Waals surface area contributed by atoms with E-state index in [1.165, 1.54) is 12.5 Å². The lowest BCUT2D eigenvalue weighted by Gasteiger charge is -2.06. The van der Waals surface area contributed by atoms with Crippen molar-refractivity contribution in [3.05, 3.63) is 34.4 Å². The van der Waals surface area contributed by atoms with Gasteiger partial charge in [0.05, 0.1) is 6.61 Å². The number of aryl methyl sites for hydroxylation is 3. The fraction of sp³-hybridized carbons (Fsp3) is 0.429. The number of carbonyl (C=O) groups is 2. The van der Waals surface area contributed by atoms with E-state index in [4.69, 9.17) is 0 Å². The minimum absolute atomic E-state index is 0.0741. The fourth-order valence-corrected chi connectivity index (χ4v) is 2.23. The van der Waals surface area contributed by atoms with Gasteiger partial charge in [-0.1, -0.05) is 26.9 Å². The maximum absolute atomic E-state index is 11.2. The van der Waals surface area contributed by atoms with Gasteiger partial charge in [0.2, 0.25) is 0 Å². The van der Waals surface area contributed by atoms with Crippen molar-refractivity contribution < 1.29 is 14.3 Å². The Morgan fingerprint density at radius 3 is 1.83 bits per heavy atom. The minimum atomic E-state index is -0.211. The molecule has 0 radical (unpaired) electrons. The van der Waals surface area contributed by atoms with Gasteiger partial charge < -0.3 is 4.74 Å². The first-order chi connectivity index (χ1) is 8.29. The summed E-state index contributed by atoms with van der Waals surface area (Å²) < 4.78 is 4.40. The van der Waals surface area contributed by atoms with Crippen molar-refractivity contribution in [3.63, 3.8) is 0 Å². The molecule has 0 aliphatic rings. The van der Waals surface area contributed by atoms with E-state index in [-0.39, 0.29) is 11.5 Å². The molecule has 100 valence electrons. The van der Waals surface area contributed by atoms with Crippen molar-refractivity contribution in [1.82, 2.24) is 0 Å². The Kier molecular flexibility index (Phi) is 7.45. The normalized spacial score (nSPS) is 9.22. The van der Waals surface area contributed by atoms with Gasteiger partial charge in [0, 0.05) is 12.5 Å². The average Bonchev–Trinajstić information content (AvgIpc) is 2.15. The first-order valence-corrected chi connectivity index (χ1v) is 6.38. The third kappa shape index (κ3) is 5.92. The van der Waals surface area contributed by atoms with Gasteiger partial charge in [0.15, 0.2) is 5.52 Å². The Bertz CT molecular complexity index is 416. The third-order valence-corrected chi connectivity index (χ3v) is 2.56. The average molecular weight is 268 g/mol.